The van der Waals surface area contributed by atoms with Gasteiger partial charge in [-0.2, -0.15) is 0 Å². The van der Waals surface area contributed by atoms with E-state index in [0.29, 0.717) is 64.1 Å². The van der Waals surface area contributed by atoms with Crippen LogP contribution in [-0.2, 0) is 38.3 Å². The number of unbranched alkanes of at least 4 members (excludes halogenated alkanes) is 1. The molecular formula is C33H72N14O13. The molecule has 1 amide bonds. The van der Waals surface area contributed by atoms with Crippen molar-refractivity contribution in [1.29, 1.82) is 10.8 Å². The van der Waals surface area contributed by atoms with Crippen LogP contribution in [0, 0.1) is 16.7 Å². The molecule has 0 saturated carbocycles. The molecule has 0 fully saturated rings. The summed E-state index contributed by atoms with van der Waals surface area (Å²) in [6, 6.07) is -5.35. The zero-order valence-electron chi connectivity index (χ0n) is 34.6. The Morgan fingerprint density at radius 1 is 0.550 bits per heavy atom. The summed E-state index contributed by atoms with van der Waals surface area (Å²) < 4.78 is 4.86. The van der Waals surface area contributed by atoms with Gasteiger partial charge < -0.3 is 98.2 Å². The predicted molar refractivity (Wildman–Crippen MR) is 221 cm³/mol. The molecule has 27 nitrogen and oxygen atoms in total. The Balaban J connectivity index is -0.000000217. The lowest BCUT2D eigenvalue weighted by atomic mass is 10.1. The number of guanidine groups is 2. The Morgan fingerprint density at radius 3 is 1.22 bits per heavy atom. The summed E-state index contributed by atoms with van der Waals surface area (Å²) in [5.41, 5.74) is 51.6. The number of hydrogen-bond acceptors (Lipinski definition) is 17. The average Bonchev–Trinajstić information content (AvgIpc) is 3.13. The number of esters is 1. The van der Waals surface area contributed by atoms with Crippen LogP contribution < -0.4 is 68.0 Å². The van der Waals surface area contributed by atoms with Gasteiger partial charge >= 0.3 is 35.8 Å². The highest BCUT2D eigenvalue weighted by Crippen LogP contribution is 2.03. The number of nitrogens with two attached hydrogens (primary N) is 10. The predicted octanol–water partition coefficient (Wildman–Crippen LogP) is -4.78. The van der Waals surface area contributed by atoms with Crippen LogP contribution in [0.25, 0.3) is 0 Å². The first-order chi connectivity index (χ1) is 27.5. The number of hydrogen-bond donors (Lipinski definition) is 19. The van der Waals surface area contributed by atoms with E-state index < -0.39 is 84.1 Å². The molecule has 0 aromatic rings. The normalized spacial score (nSPS) is 13.5. The van der Waals surface area contributed by atoms with Crippen molar-refractivity contribution in [1.82, 2.24) is 10.6 Å². The van der Waals surface area contributed by atoms with Crippen molar-refractivity contribution >= 4 is 53.6 Å². The first kappa shape index (κ1) is 63.7. The second kappa shape index (κ2) is 39.0. The van der Waals surface area contributed by atoms with E-state index in [1.807, 2.05) is 13.8 Å². The van der Waals surface area contributed by atoms with Crippen LogP contribution in [0.4, 0.5) is 0 Å². The van der Waals surface area contributed by atoms with E-state index in [1.54, 1.807) is 0 Å². The topological polar surface area (TPSA) is 562 Å². The molecule has 7 atom stereocenters. The quantitative estimate of drug-likeness (QED) is 0.0177. The molecule has 0 bridgehead atoms. The van der Waals surface area contributed by atoms with Gasteiger partial charge in [0.2, 0.25) is 5.91 Å². The van der Waals surface area contributed by atoms with Crippen LogP contribution in [-0.4, -0.2) is 141 Å². The van der Waals surface area contributed by atoms with E-state index in [2.05, 4.69) is 10.6 Å². The lowest BCUT2D eigenvalue weighted by Gasteiger charge is -2.19. The lowest BCUT2D eigenvalue weighted by Crippen LogP contribution is -2.45. The summed E-state index contributed by atoms with van der Waals surface area (Å²) in [6.45, 7) is 6.79. The van der Waals surface area contributed by atoms with Crippen LogP contribution in [0.3, 0.4) is 0 Å². The van der Waals surface area contributed by atoms with Gasteiger partial charge in [0, 0.05) is 19.5 Å². The summed E-state index contributed by atoms with van der Waals surface area (Å²) in [7, 11) is 0. The summed E-state index contributed by atoms with van der Waals surface area (Å²) >= 11 is 0. The van der Waals surface area contributed by atoms with Gasteiger partial charge in [0.05, 0.1) is 0 Å². The minimum Gasteiger partial charge on any atom is -0.480 e. The van der Waals surface area contributed by atoms with Gasteiger partial charge in [-0.05, 0) is 70.8 Å². The van der Waals surface area contributed by atoms with Gasteiger partial charge in [-0.25, -0.2) is 0 Å². The molecule has 352 valence electrons. The minimum absolute atomic E-state index is 0.0213. The fourth-order valence-electron chi connectivity index (χ4n) is 3.54. The summed E-state index contributed by atoms with van der Waals surface area (Å²) in [5.74, 6) is -6.35. The fourth-order valence-corrected chi connectivity index (χ4v) is 3.54. The van der Waals surface area contributed by atoms with E-state index >= 15 is 0 Å². The number of ether oxygens (including phenoxy) is 1. The number of carbonyl (C=O) groups excluding carboxylic acids is 2. The van der Waals surface area contributed by atoms with E-state index in [0.717, 1.165) is 12.8 Å². The van der Waals surface area contributed by atoms with Crippen molar-refractivity contribution in [2.75, 3.05) is 19.6 Å². The van der Waals surface area contributed by atoms with Crippen molar-refractivity contribution in [3.63, 3.8) is 0 Å². The Hall–Kier alpha value is -5.45. The molecule has 29 N–H and O–H groups in total. The number of nitrogens with one attached hydrogen (secondary N) is 4. The standard InChI is InChI=1S/C10H21N5O4.C6H14N4O2.C6H14N2O2.C6H13NO2.C5H10N2O3/c1-5(7(12)8(16)17)19-9(18)6(11)3-2-4-15-10(13)14;7-4(5(11)12)2-1-3-10-6(8)9;7-4-2-1-3-5(8)6(9)10;1-4(2)3-5(7)6(8)9;6-3(5(9)10)1-2-4(7)8/h5-7H,2-4,11-12H2,1H3,(H,16,17)(H4,13,14,15);4H,1-3,7H2,(H,11,12)(H4,8,9,10);5H,1-4,7-8H2,(H,9,10);4-5H,3,7H2,1-2H3,(H,8,9);3H,1-2,6H2,(H2,7,8)(H,9,10)/t5-,6+,7+;4-;2*5-;3-/m10000/s1. The molecule has 27 heteroatoms. The number of amides is 1. The molecule has 0 aliphatic rings. The van der Waals surface area contributed by atoms with Gasteiger partial charge in [0.1, 0.15) is 42.4 Å². The van der Waals surface area contributed by atoms with Gasteiger partial charge in [0.25, 0.3) is 0 Å². The summed E-state index contributed by atoms with van der Waals surface area (Å²) in [5, 5.41) is 60.7. The molecule has 0 unspecified atom stereocenters. The smallest absolute Gasteiger partial charge is 0.324 e. The maximum Gasteiger partial charge on any atom is 0.324 e. The Labute approximate surface area is 349 Å². The number of carboxylic acids is 5. The van der Waals surface area contributed by atoms with Crippen molar-refractivity contribution in [3.05, 3.63) is 0 Å². The first-order valence-corrected chi connectivity index (χ1v) is 18.6. The molecule has 0 aromatic carbocycles. The van der Waals surface area contributed by atoms with Crippen molar-refractivity contribution in [2.24, 2.45) is 63.3 Å². The fraction of sp³-hybridized carbons (Fsp3) is 0.727. The van der Waals surface area contributed by atoms with Gasteiger partial charge in [-0.1, -0.05) is 20.3 Å². The minimum atomic E-state index is -1.28. The van der Waals surface area contributed by atoms with Crippen molar-refractivity contribution in [3.8, 4) is 0 Å². The molecule has 0 aliphatic heterocycles. The maximum absolute atomic E-state index is 11.5. The molecule has 0 radical (unpaired) electrons. The number of carboxylic acid groups (broad SMARTS) is 5. The zero-order valence-corrected chi connectivity index (χ0v) is 34.6. The Morgan fingerprint density at radius 2 is 0.917 bits per heavy atom. The van der Waals surface area contributed by atoms with E-state index in [-0.39, 0.29) is 24.8 Å². The molecule has 0 heterocycles. The van der Waals surface area contributed by atoms with E-state index in [9.17, 15) is 33.6 Å². The Kier molecular flexibility index (Phi) is 41.4. The third-order valence-corrected chi connectivity index (χ3v) is 7.08. The molecule has 0 aromatic heterocycles. The second-order valence-electron chi connectivity index (χ2n) is 13.3. The van der Waals surface area contributed by atoms with Gasteiger partial charge in [-0.15, -0.1) is 0 Å². The number of rotatable bonds is 25. The first-order valence-electron chi connectivity index (χ1n) is 18.6. The number of primary amides is 1. The van der Waals surface area contributed by atoms with Crippen molar-refractivity contribution in [2.45, 2.75) is 127 Å². The number of aliphatic carboxylic acids is 5. The molecule has 0 rings (SSSR count). The SMILES string of the molecule is CC(C)C[C@H](N)C(=O)O.C[C@@H](OC(=O)[C@@H](N)CCCNC(=N)N)[C@H](N)C(=O)O.N=C(N)NCCC[C@H](N)C(=O)O.NC(=O)CC[C@H](N)C(=O)O.NCCCC[C@H](N)C(=O)O. The highest BCUT2D eigenvalue weighted by molar-refractivity contribution is 5.78. The van der Waals surface area contributed by atoms with Crippen LogP contribution in [0.5, 0.6) is 0 Å². The monoisotopic (exact) mass is 873 g/mol. The van der Waals surface area contributed by atoms with Gasteiger partial charge in [0.15, 0.2) is 11.9 Å². The molecule has 0 aliphatic carbocycles. The summed E-state index contributed by atoms with van der Waals surface area (Å²) in [6.07, 6.45) is 3.71. The highest BCUT2D eigenvalue weighted by Gasteiger charge is 2.26. The molecule has 60 heavy (non-hydrogen) atoms. The van der Waals surface area contributed by atoms with E-state index in [1.165, 1.54) is 6.92 Å². The zero-order chi connectivity index (χ0) is 48.1. The largest absolute Gasteiger partial charge is 0.480 e. The maximum atomic E-state index is 11.5. The summed E-state index contributed by atoms with van der Waals surface area (Å²) in [4.78, 5) is 72.7. The van der Waals surface area contributed by atoms with Crippen LogP contribution in [0.1, 0.15) is 85.0 Å². The highest BCUT2D eigenvalue weighted by atomic mass is 16.5. The van der Waals surface area contributed by atoms with Crippen LogP contribution in [0.15, 0.2) is 0 Å². The lowest BCUT2D eigenvalue weighted by molar-refractivity contribution is -0.155. The number of carbonyl (C=O) groups is 7. The molecule has 0 saturated heterocycles. The molecule has 0 spiro atoms. The average molecular weight is 873 g/mol. The molecular weight excluding hydrogens is 800 g/mol. The third kappa shape index (κ3) is 46.9. The van der Waals surface area contributed by atoms with Crippen molar-refractivity contribution < 1.29 is 63.8 Å². The van der Waals surface area contributed by atoms with Crippen LogP contribution in [0.2, 0.25) is 0 Å². The third-order valence-electron chi connectivity index (χ3n) is 7.08. The van der Waals surface area contributed by atoms with Gasteiger partial charge in [-0.3, -0.25) is 44.4 Å². The van der Waals surface area contributed by atoms with Crippen LogP contribution >= 0.6 is 0 Å². The van der Waals surface area contributed by atoms with E-state index in [4.69, 9.17) is 98.4 Å². The Bertz CT molecular complexity index is 1280. The second-order valence-corrected chi connectivity index (χ2v) is 13.3.